The normalized spacial score (nSPS) is 13.3. The molecule has 112 valence electrons. The van der Waals surface area contributed by atoms with E-state index in [-0.39, 0.29) is 15.3 Å². The minimum Gasteiger partial charge on any atom is -0.204 e. The molecule has 0 heterocycles. The summed E-state index contributed by atoms with van der Waals surface area (Å²) in [5.74, 6) is -1.83. The highest BCUT2D eigenvalue weighted by Crippen LogP contribution is 2.40. The summed E-state index contributed by atoms with van der Waals surface area (Å²) in [5.41, 5.74) is 2.59. The summed E-state index contributed by atoms with van der Waals surface area (Å²) < 4.78 is 26.7. The lowest BCUT2D eigenvalue weighted by Crippen LogP contribution is -2.15. The maximum absolute atomic E-state index is 13.5. The lowest BCUT2D eigenvalue weighted by molar-refractivity contribution is 0.507. The molecule has 0 aliphatic carbocycles. The molecule has 0 amide bonds. The van der Waals surface area contributed by atoms with Crippen LogP contribution in [0.15, 0.2) is 36.4 Å². The third-order valence-electron chi connectivity index (χ3n) is 3.35. The van der Waals surface area contributed by atoms with Gasteiger partial charge in [0.25, 0.3) is 0 Å². The van der Waals surface area contributed by atoms with E-state index in [1.54, 1.807) is 0 Å². The van der Waals surface area contributed by atoms with E-state index in [2.05, 4.69) is 36.7 Å². The minimum atomic E-state index is -0.937. The topological polar surface area (TPSA) is 0 Å². The Kier molecular flexibility index (Phi) is 4.74. The van der Waals surface area contributed by atoms with Crippen molar-refractivity contribution >= 4 is 27.5 Å². The number of hydrogen-bond donors (Lipinski definition) is 0. The standard InChI is InChI=1S/C17H16BrClF2/c1-17(2,3)12-7-5-4-6-10(12)16(18)11-8-14(20)15(21)9-13(11)19/h4-9,16H,1-3H3. The second kappa shape index (κ2) is 6.05. The number of hydrogen-bond acceptors (Lipinski definition) is 0. The molecular formula is C17H16BrClF2. The molecule has 0 saturated carbocycles. The Balaban J connectivity index is 2.56. The monoisotopic (exact) mass is 372 g/mol. The fraction of sp³-hybridized carbons (Fsp3) is 0.294. The summed E-state index contributed by atoms with van der Waals surface area (Å²) in [6, 6.07) is 10.1. The van der Waals surface area contributed by atoms with Gasteiger partial charge in [-0.3, -0.25) is 0 Å². The van der Waals surface area contributed by atoms with E-state index >= 15 is 0 Å². The van der Waals surface area contributed by atoms with Crippen LogP contribution < -0.4 is 0 Å². The lowest BCUT2D eigenvalue weighted by Gasteiger charge is -2.25. The first-order valence-electron chi connectivity index (χ1n) is 6.59. The predicted octanol–water partition coefficient (Wildman–Crippen LogP) is 6.40. The highest BCUT2D eigenvalue weighted by molar-refractivity contribution is 9.09. The molecule has 0 bridgehead atoms. The summed E-state index contributed by atoms with van der Waals surface area (Å²) >= 11 is 9.65. The third kappa shape index (κ3) is 3.46. The van der Waals surface area contributed by atoms with Crippen LogP contribution in [0.5, 0.6) is 0 Å². The molecule has 2 rings (SSSR count). The smallest absolute Gasteiger partial charge is 0.160 e. The predicted molar refractivity (Wildman–Crippen MR) is 87.3 cm³/mol. The molecule has 0 aliphatic rings. The van der Waals surface area contributed by atoms with E-state index in [9.17, 15) is 8.78 Å². The van der Waals surface area contributed by atoms with Crippen molar-refractivity contribution in [3.05, 3.63) is 69.7 Å². The van der Waals surface area contributed by atoms with Gasteiger partial charge in [-0.05, 0) is 34.2 Å². The molecule has 0 fully saturated rings. The second-order valence-corrected chi connectivity index (χ2v) is 7.31. The summed E-state index contributed by atoms with van der Waals surface area (Å²) in [6.07, 6.45) is 0. The Hall–Kier alpha value is -0.930. The van der Waals surface area contributed by atoms with E-state index in [1.165, 1.54) is 0 Å². The fourth-order valence-electron chi connectivity index (χ4n) is 2.30. The molecule has 2 aromatic rings. The second-order valence-electron chi connectivity index (χ2n) is 5.99. The molecule has 0 radical (unpaired) electrons. The molecule has 0 spiro atoms. The zero-order chi connectivity index (χ0) is 15.8. The van der Waals surface area contributed by atoms with Gasteiger partial charge >= 0.3 is 0 Å². The van der Waals surface area contributed by atoms with Crippen molar-refractivity contribution in [2.45, 2.75) is 31.0 Å². The van der Waals surface area contributed by atoms with Gasteiger partial charge in [-0.1, -0.05) is 72.6 Å². The average Bonchev–Trinajstić information content (AvgIpc) is 2.41. The first-order valence-corrected chi connectivity index (χ1v) is 7.89. The highest BCUT2D eigenvalue weighted by Gasteiger charge is 2.24. The molecule has 0 aliphatic heterocycles. The van der Waals surface area contributed by atoms with Crippen molar-refractivity contribution in [2.24, 2.45) is 0 Å². The van der Waals surface area contributed by atoms with Crippen LogP contribution in [-0.4, -0.2) is 0 Å². The van der Waals surface area contributed by atoms with Crippen LogP contribution in [0.4, 0.5) is 8.78 Å². The van der Waals surface area contributed by atoms with Crippen LogP contribution in [0.25, 0.3) is 0 Å². The maximum Gasteiger partial charge on any atom is 0.160 e. The van der Waals surface area contributed by atoms with Crippen LogP contribution >= 0.6 is 27.5 Å². The van der Waals surface area contributed by atoms with Gasteiger partial charge in [0, 0.05) is 5.02 Å². The molecule has 2 aromatic carbocycles. The Labute approximate surface area is 137 Å². The van der Waals surface area contributed by atoms with Gasteiger partial charge in [0.15, 0.2) is 11.6 Å². The fourth-order valence-corrected chi connectivity index (χ4v) is 3.47. The molecule has 21 heavy (non-hydrogen) atoms. The van der Waals surface area contributed by atoms with Crippen LogP contribution in [0, 0.1) is 11.6 Å². The largest absolute Gasteiger partial charge is 0.204 e. The van der Waals surface area contributed by atoms with Crippen molar-refractivity contribution in [3.63, 3.8) is 0 Å². The molecule has 1 unspecified atom stereocenters. The van der Waals surface area contributed by atoms with E-state index in [4.69, 9.17) is 11.6 Å². The SMILES string of the molecule is CC(C)(C)c1ccccc1C(Br)c1cc(F)c(F)cc1Cl. The van der Waals surface area contributed by atoms with Crippen molar-refractivity contribution < 1.29 is 8.78 Å². The van der Waals surface area contributed by atoms with Gasteiger partial charge < -0.3 is 0 Å². The summed E-state index contributed by atoms with van der Waals surface area (Å²) in [7, 11) is 0. The van der Waals surface area contributed by atoms with Gasteiger partial charge in [0.05, 0.1) is 4.83 Å². The van der Waals surface area contributed by atoms with Crippen LogP contribution in [0.1, 0.15) is 42.3 Å². The first kappa shape index (κ1) is 16.4. The Bertz CT molecular complexity index is 662. The Morgan fingerprint density at radius 2 is 1.57 bits per heavy atom. The summed E-state index contributed by atoms with van der Waals surface area (Å²) in [6.45, 7) is 6.33. The van der Waals surface area contributed by atoms with Crippen molar-refractivity contribution in [1.82, 2.24) is 0 Å². The first-order chi connectivity index (χ1) is 9.71. The van der Waals surface area contributed by atoms with Gasteiger partial charge in [-0.2, -0.15) is 0 Å². The number of alkyl halides is 1. The zero-order valence-electron chi connectivity index (χ0n) is 12.1. The lowest BCUT2D eigenvalue weighted by atomic mass is 9.82. The van der Waals surface area contributed by atoms with Crippen molar-refractivity contribution in [2.75, 3.05) is 0 Å². The molecular weight excluding hydrogens is 358 g/mol. The maximum atomic E-state index is 13.5. The van der Waals surface area contributed by atoms with Gasteiger partial charge in [-0.15, -0.1) is 0 Å². The van der Waals surface area contributed by atoms with Crippen molar-refractivity contribution in [3.8, 4) is 0 Å². The van der Waals surface area contributed by atoms with E-state index < -0.39 is 11.6 Å². The summed E-state index contributed by atoms with van der Waals surface area (Å²) in [4.78, 5) is -0.296. The number of halogens is 4. The van der Waals surface area contributed by atoms with Gasteiger partial charge in [0.2, 0.25) is 0 Å². The van der Waals surface area contributed by atoms with Gasteiger partial charge in [0.1, 0.15) is 0 Å². The van der Waals surface area contributed by atoms with Crippen molar-refractivity contribution in [1.29, 1.82) is 0 Å². The van der Waals surface area contributed by atoms with Gasteiger partial charge in [-0.25, -0.2) is 8.78 Å². The minimum absolute atomic E-state index is 0.0618. The third-order valence-corrected chi connectivity index (χ3v) is 4.67. The average molecular weight is 374 g/mol. The Morgan fingerprint density at radius 1 is 1.00 bits per heavy atom. The van der Waals surface area contributed by atoms with E-state index in [1.807, 2.05) is 24.3 Å². The molecule has 1 atom stereocenters. The van der Waals surface area contributed by atoms with E-state index in [0.29, 0.717) is 5.56 Å². The molecule has 0 N–H and O–H groups in total. The molecule has 0 aromatic heterocycles. The van der Waals surface area contributed by atoms with Crippen LogP contribution in [-0.2, 0) is 5.41 Å². The summed E-state index contributed by atoms with van der Waals surface area (Å²) in [5, 5.41) is 0.208. The highest BCUT2D eigenvalue weighted by atomic mass is 79.9. The Morgan fingerprint density at radius 3 is 2.19 bits per heavy atom. The number of rotatable bonds is 2. The van der Waals surface area contributed by atoms with Crippen LogP contribution in [0.2, 0.25) is 5.02 Å². The quantitative estimate of drug-likeness (QED) is 0.422. The van der Waals surface area contributed by atoms with Crippen LogP contribution in [0.3, 0.4) is 0 Å². The molecule has 0 saturated heterocycles. The molecule has 4 heteroatoms. The number of benzene rings is 2. The van der Waals surface area contributed by atoms with E-state index in [0.717, 1.165) is 23.3 Å². The molecule has 0 nitrogen and oxygen atoms in total. The zero-order valence-corrected chi connectivity index (χ0v) is 14.4.